The van der Waals surface area contributed by atoms with E-state index in [2.05, 4.69) is 5.32 Å². The average molecular weight is 302 g/mol. The number of ether oxygens (including phenoxy) is 1. The molecule has 0 bridgehead atoms. The number of hydrogen-bond donors (Lipinski definition) is 1. The van der Waals surface area contributed by atoms with Crippen molar-refractivity contribution >= 4 is 23.2 Å². The first-order chi connectivity index (χ1) is 9.25. The molecule has 0 aromatic heterocycles. The van der Waals surface area contributed by atoms with Gasteiger partial charge in [-0.25, -0.2) is 0 Å². The van der Waals surface area contributed by atoms with Crippen LogP contribution in [0.15, 0.2) is 18.2 Å². The summed E-state index contributed by atoms with van der Waals surface area (Å²) in [5, 5.41) is 4.67. The maximum absolute atomic E-state index is 5.94. The summed E-state index contributed by atoms with van der Waals surface area (Å²) < 4.78 is 5.66. The molecular formula is C15H21Cl2NO. The number of benzene rings is 1. The van der Waals surface area contributed by atoms with Crippen LogP contribution in [0.5, 0.6) is 5.75 Å². The van der Waals surface area contributed by atoms with Gasteiger partial charge in [-0.1, -0.05) is 48.9 Å². The largest absolute Gasteiger partial charge is 0.492 e. The number of hydrogen-bond acceptors (Lipinski definition) is 2. The van der Waals surface area contributed by atoms with Gasteiger partial charge in [-0.2, -0.15) is 0 Å². The molecule has 1 aromatic carbocycles. The minimum atomic E-state index is 0.538. The highest BCUT2D eigenvalue weighted by Gasteiger charge is 2.10. The summed E-state index contributed by atoms with van der Waals surface area (Å²) in [4.78, 5) is 0. The van der Waals surface area contributed by atoms with Crippen LogP contribution in [-0.2, 0) is 0 Å². The van der Waals surface area contributed by atoms with E-state index >= 15 is 0 Å². The molecule has 0 amide bonds. The maximum atomic E-state index is 5.94. The highest BCUT2D eigenvalue weighted by molar-refractivity contribution is 6.42. The van der Waals surface area contributed by atoms with Gasteiger partial charge in [-0.3, -0.25) is 0 Å². The molecule has 4 heteroatoms. The topological polar surface area (TPSA) is 21.3 Å². The molecule has 2 rings (SSSR count). The van der Waals surface area contributed by atoms with Gasteiger partial charge in [0, 0.05) is 18.7 Å². The first-order valence-electron chi connectivity index (χ1n) is 7.07. The Morgan fingerprint density at radius 2 is 1.79 bits per heavy atom. The van der Waals surface area contributed by atoms with E-state index in [1.165, 1.54) is 38.5 Å². The van der Waals surface area contributed by atoms with Gasteiger partial charge in [0.05, 0.1) is 10.0 Å². The summed E-state index contributed by atoms with van der Waals surface area (Å²) in [6.07, 6.45) is 8.08. The fraction of sp³-hybridized carbons (Fsp3) is 0.600. The Bertz CT molecular complexity index is 390. The number of halogens is 2. The first kappa shape index (κ1) is 15.0. The van der Waals surface area contributed by atoms with Gasteiger partial charge in [-0.05, 0) is 25.0 Å². The molecule has 106 valence electrons. The summed E-state index contributed by atoms with van der Waals surface area (Å²) in [6.45, 7) is 1.54. The monoisotopic (exact) mass is 301 g/mol. The van der Waals surface area contributed by atoms with Crippen molar-refractivity contribution in [3.8, 4) is 5.75 Å². The second kappa shape index (κ2) is 7.98. The molecule has 0 atom stereocenters. The minimum Gasteiger partial charge on any atom is -0.492 e. The fourth-order valence-electron chi connectivity index (χ4n) is 2.48. The first-order valence-corrected chi connectivity index (χ1v) is 7.82. The van der Waals surface area contributed by atoms with Gasteiger partial charge in [0.25, 0.3) is 0 Å². The van der Waals surface area contributed by atoms with Crippen molar-refractivity contribution in [2.45, 2.75) is 44.6 Å². The van der Waals surface area contributed by atoms with Crippen LogP contribution in [-0.4, -0.2) is 19.2 Å². The minimum absolute atomic E-state index is 0.538. The van der Waals surface area contributed by atoms with Crippen LogP contribution in [0.2, 0.25) is 10.0 Å². The summed E-state index contributed by atoms with van der Waals surface area (Å²) in [5.41, 5.74) is 0. The zero-order valence-corrected chi connectivity index (χ0v) is 12.6. The predicted molar refractivity (Wildman–Crippen MR) is 81.4 cm³/mol. The third kappa shape index (κ3) is 5.21. The van der Waals surface area contributed by atoms with E-state index in [4.69, 9.17) is 27.9 Å². The molecule has 0 aliphatic heterocycles. The molecule has 0 saturated heterocycles. The predicted octanol–water partition coefficient (Wildman–Crippen LogP) is 4.68. The molecule has 19 heavy (non-hydrogen) atoms. The van der Waals surface area contributed by atoms with Gasteiger partial charge in [0.15, 0.2) is 0 Å². The number of nitrogens with one attached hydrogen (secondary N) is 1. The van der Waals surface area contributed by atoms with Crippen LogP contribution < -0.4 is 10.1 Å². The quantitative estimate of drug-likeness (QED) is 0.629. The molecule has 1 aliphatic rings. The van der Waals surface area contributed by atoms with Crippen LogP contribution >= 0.6 is 23.2 Å². The SMILES string of the molecule is Clc1ccc(OCCNC2CCCCCC2)cc1Cl. The second-order valence-electron chi connectivity index (χ2n) is 5.07. The highest BCUT2D eigenvalue weighted by atomic mass is 35.5. The van der Waals surface area contributed by atoms with Crippen LogP contribution in [0, 0.1) is 0 Å². The van der Waals surface area contributed by atoms with E-state index in [0.717, 1.165) is 12.3 Å². The van der Waals surface area contributed by atoms with Gasteiger partial charge >= 0.3 is 0 Å². The molecule has 2 nitrogen and oxygen atoms in total. The van der Waals surface area contributed by atoms with Gasteiger partial charge in [0.2, 0.25) is 0 Å². The van der Waals surface area contributed by atoms with Crippen molar-refractivity contribution < 1.29 is 4.74 Å². The Hall–Kier alpha value is -0.440. The maximum Gasteiger partial charge on any atom is 0.120 e. The van der Waals surface area contributed by atoms with Crippen LogP contribution in [0.4, 0.5) is 0 Å². The Labute approximate surface area is 125 Å². The fourth-order valence-corrected chi connectivity index (χ4v) is 2.77. The molecule has 1 saturated carbocycles. The van der Waals surface area contributed by atoms with Gasteiger partial charge in [-0.15, -0.1) is 0 Å². The van der Waals surface area contributed by atoms with Crippen molar-refractivity contribution in [2.24, 2.45) is 0 Å². The Morgan fingerprint density at radius 1 is 1.05 bits per heavy atom. The standard InChI is InChI=1S/C15H21Cl2NO/c16-14-8-7-13(11-15(14)17)19-10-9-18-12-5-3-1-2-4-6-12/h7-8,11-12,18H,1-6,9-10H2. The van der Waals surface area contributed by atoms with E-state index in [1.807, 2.05) is 6.07 Å². The second-order valence-corrected chi connectivity index (χ2v) is 5.88. The molecule has 0 radical (unpaired) electrons. The van der Waals surface area contributed by atoms with Crippen LogP contribution in [0.1, 0.15) is 38.5 Å². The third-order valence-corrected chi connectivity index (χ3v) is 4.29. The van der Waals surface area contributed by atoms with Crippen molar-refractivity contribution in [1.29, 1.82) is 0 Å². The lowest BCUT2D eigenvalue weighted by molar-refractivity contribution is 0.300. The smallest absolute Gasteiger partial charge is 0.120 e. The van der Waals surface area contributed by atoms with Gasteiger partial charge < -0.3 is 10.1 Å². The Morgan fingerprint density at radius 3 is 2.47 bits per heavy atom. The summed E-state index contributed by atoms with van der Waals surface area (Å²) >= 11 is 11.8. The normalized spacial score (nSPS) is 17.2. The van der Waals surface area contributed by atoms with Crippen molar-refractivity contribution in [1.82, 2.24) is 5.32 Å². The van der Waals surface area contributed by atoms with E-state index in [0.29, 0.717) is 22.7 Å². The molecule has 0 spiro atoms. The lowest BCUT2D eigenvalue weighted by atomic mass is 10.1. The Kier molecular flexibility index (Phi) is 6.29. The molecule has 0 heterocycles. The highest BCUT2D eigenvalue weighted by Crippen LogP contribution is 2.26. The van der Waals surface area contributed by atoms with Crippen molar-refractivity contribution in [2.75, 3.05) is 13.2 Å². The molecule has 1 N–H and O–H groups in total. The lowest BCUT2D eigenvalue weighted by Gasteiger charge is -2.16. The van der Waals surface area contributed by atoms with E-state index in [-0.39, 0.29) is 0 Å². The molecule has 1 aliphatic carbocycles. The molecule has 0 unspecified atom stereocenters. The molecule has 1 fully saturated rings. The van der Waals surface area contributed by atoms with Crippen LogP contribution in [0.25, 0.3) is 0 Å². The zero-order valence-electron chi connectivity index (χ0n) is 11.1. The lowest BCUT2D eigenvalue weighted by Crippen LogP contribution is -2.32. The summed E-state index contributed by atoms with van der Waals surface area (Å²) in [6, 6.07) is 6.03. The van der Waals surface area contributed by atoms with Crippen molar-refractivity contribution in [3.05, 3.63) is 28.2 Å². The summed E-state index contributed by atoms with van der Waals surface area (Å²) in [7, 11) is 0. The average Bonchev–Trinajstić information content (AvgIpc) is 2.67. The number of rotatable bonds is 5. The van der Waals surface area contributed by atoms with Crippen LogP contribution in [0.3, 0.4) is 0 Å². The Balaban J connectivity index is 1.67. The zero-order chi connectivity index (χ0) is 13.5. The van der Waals surface area contributed by atoms with E-state index in [1.54, 1.807) is 12.1 Å². The van der Waals surface area contributed by atoms with E-state index in [9.17, 15) is 0 Å². The molecule has 1 aromatic rings. The van der Waals surface area contributed by atoms with Crippen molar-refractivity contribution in [3.63, 3.8) is 0 Å². The third-order valence-electron chi connectivity index (χ3n) is 3.55. The molecular weight excluding hydrogens is 281 g/mol. The van der Waals surface area contributed by atoms with E-state index < -0.39 is 0 Å². The summed E-state index contributed by atoms with van der Waals surface area (Å²) in [5.74, 6) is 0.775. The van der Waals surface area contributed by atoms with Gasteiger partial charge in [0.1, 0.15) is 12.4 Å².